The Kier molecular flexibility index (Phi) is 2.86. The van der Waals surface area contributed by atoms with Crippen LogP contribution in [-0.2, 0) is 16.0 Å². The van der Waals surface area contributed by atoms with E-state index in [-0.39, 0.29) is 6.42 Å². The van der Waals surface area contributed by atoms with Crippen LogP contribution in [0.3, 0.4) is 0 Å². The monoisotopic (exact) mass is 326 g/mol. The standard InChI is InChI=1S/C20H22O4/c21-17-16-4-2-1-3-15(16)11-20(17,23)18(22)24-19-8-12-5-13(9-19)7-14(6-12)10-19/h1-4,12-14,23H,5-11H2/t12?,13?,14?,19?,20-/m0/s1. The Morgan fingerprint density at radius 2 is 1.62 bits per heavy atom. The number of ketones is 1. The third-order valence-electron chi connectivity index (χ3n) is 6.71. The van der Waals surface area contributed by atoms with Crippen molar-refractivity contribution in [3.63, 3.8) is 0 Å². The SMILES string of the molecule is O=C(OC12CC3CC(CC(C3)C1)C2)[C@]1(O)Cc2ccccc2C1=O. The number of aliphatic hydroxyl groups is 1. The van der Waals surface area contributed by atoms with Crippen molar-refractivity contribution in [1.29, 1.82) is 0 Å². The lowest BCUT2D eigenvalue weighted by Gasteiger charge is -2.56. The molecule has 0 aromatic heterocycles. The molecule has 0 radical (unpaired) electrons. The largest absolute Gasteiger partial charge is 0.457 e. The van der Waals surface area contributed by atoms with Gasteiger partial charge < -0.3 is 9.84 Å². The molecule has 1 atom stereocenters. The zero-order chi connectivity index (χ0) is 16.5. The second-order valence-electron chi connectivity index (χ2n) is 8.51. The van der Waals surface area contributed by atoms with E-state index in [1.807, 2.05) is 6.07 Å². The van der Waals surface area contributed by atoms with Gasteiger partial charge in [0.2, 0.25) is 11.4 Å². The number of carbonyl (C=O) groups excluding carboxylic acids is 2. The molecule has 5 aliphatic carbocycles. The molecule has 126 valence electrons. The molecular formula is C20H22O4. The summed E-state index contributed by atoms with van der Waals surface area (Å²) in [5, 5.41) is 10.8. The van der Waals surface area contributed by atoms with Gasteiger partial charge in [-0.1, -0.05) is 24.3 Å². The zero-order valence-electron chi connectivity index (χ0n) is 13.7. The van der Waals surface area contributed by atoms with Crippen LogP contribution < -0.4 is 0 Å². The van der Waals surface area contributed by atoms with Gasteiger partial charge in [-0.05, 0) is 61.8 Å². The Labute approximate surface area is 141 Å². The number of rotatable bonds is 2. The third kappa shape index (κ3) is 1.95. The number of hydrogen-bond donors (Lipinski definition) is 1. The summed E-state index contributed by atoms with van der Waals surface area (Å²) in [6.07, 6.45) is 6.52. The molecule has 24 heavy (non-hydrogen) atoms. The molecule has 0 saturated heterocycles. The maximum Gasteiger partial charge on any atom is 0.347 e. The summed E-state index contributed by atoms with van der Waals surface area (Å²) in [6.45, 7) is 0. The Morgan fingerprint density at radius 1 is 1.04 bits per heavy atom. The van der Waals surface area contributed by atoms with E-state index in [2.05, 4.69) is 0 Å². The van der Waals surface area contributed by atoms with E-state index in [1.54, 1.807) is 18.2 Å². The summed E-state index contributed by atoms with van der Waals surface area (Å²) in [5.41, 5.74) is -1.29. The molecule has 1 N–H and O–H groups in total. The predicted octanol–water partition coefficient (Wildman–Crippen LogP) is 2.67. The fraction of sp³-hybridized carbons (Fsp3) is 0.600. The highest BCUT2D eigenvalue weighted by Crippen LogP contribution is 2.57. The van der Waals surface area contributed by atoms with Crippen LogP contribution in [0.2, 0.25) is 0 Å². The number of esters is 1. The Morgan fingerprint density at radius 3 is 2.21 bits per heavy atom. The molecule has 5 aliphatic rings. The molecule has 0 heterocycles. The molecule has 4 nitrogen and oxygen atoms in total. The van der Waals surface area contributed by atoms with E-state index < -0.39 is 23.0 Å². The molecule has 0 unspecified atom stereocenters. The quantitative estimate of drug-likeness (QED) is 0.670. The molecule has 0 aliphatic heterocycles. The van der Waals surface area contributed by atoms with E-state index in [9.17, 15) is 14.7 Å². The topological polar surface area (TPSA) is 63.6 Å². The van der Waals surface area contributed by atoms with Gasteiger partial charge in [0.05, 0.1) is 0 Å². The second kappa shape index (κ2) is 4.69. The highest BCUT2D eigenvalue weighted by Gasteiger charge is 2.57. The zero-order valence-corrected chi connectivity index (χ0v) is 13.7. The third-order valence-corrected chi connectivity index (χ3v) is 6.71. The van der Waals surface area contributed by atoms with Gasteiger partial charge in [0.15, 0.2) is 0 Å². The first-order valence-electron chi connectivity index (χ1n) is 9.06. The molecule has 1 aromatic carbocycles. The summed E-state index contributed by atoms with van der Waals surface area (Å²) >= 11 is 0. The fourth-order valence-electron chi connectivity index (χ4n) is 6.08. The average molecular weight is 326 g/mol. The van der Waals surface area contributed by atoms with Gasteiger partial charge in [-0.3, -0.25) is 4.79 Å². The van der Waals surface area contributed by atoms with Crippen molar-refractivity contribution < 1.29 is 19.4 Å². The number of hydrogen-bond acceptors (Lipinski definition) is 4. The van der Waals surface area contributed by atoms with Crippen molar-refractivity contribution in [3.05, 3.63) is 35.4 Å². The molecular weight excluding hydrogens is 304 g/mol. The van der Waals surface area contributed by atoms with Crippen LogP contribution in [-0.4, -0.2) is 28.1 Å². The average Bonchev–Trinajstić information content (AvgIpc) is 2.78. The van der Waals surface area contributed by atoms with E-state index in [4.69, 9.17) is 4.74 Å². The Balaban J connectivity index is 1.41. The van der Waals surface area contributed by atoms with Gasteiger partial charge in [-0.2, -0.15) is 0 Å². The van der Waals surface area contributed by atoms with Gasteiger partial charge >= 0.3 is 5.97 Å². The minimum Gasteiger partial charge on any atom is -0.457 e. The van der Waals surface area contributed by atoms with E-state index in [0.717, 1.165) is 24.8 Å². The molecule has 4 heteroatoms. The summed E-state index contributed by atoms with van der Waals surface area (Å²) in [6, 6.07) is 7.05. The van der Waals surface area contributed by atoms with Gasteiger partial charge in [0.1, 0.15) is 5.60 Å². The van der Waals surface area contributed by atoms with Gasteiger partial charge in [-0.25, -0.2) is 4.79 Å². The van der Waals surface area contributed by atoms with Crippen molar-refractivity contribution in [2.24, 2.45) is 17.8 Å². The van der Waals surface area contributed by atoms with Crippen LogP contribution in [0.4, 0.5) is 0 Å². The number of fused-ring (bicyclic) bond motifs is 1. The van der Waals surface area contributed by atoms with Crippen molar-refractivity contribution in [2.45, 2.75) is 56.1 Å². The van der Waals surface area contributed by atoms with E-state index >= 15 is 0 Å². The highest BCUT2D eigenvalue weighted by atomic mass is 16.6. The lowest BCUT2D eigenvalue weighted by atomic mass is 9.54. The maximum atomic E-state index is 12.8. The van der Waals surface area contributed by atoms with Crippen LogP contribution in [0.5, 0.6) is 0 Å². The summed E-state index contributed by atoms with van der Waals surface area (Å²) in [5.74, 6) is 0.707. The first-order valence-corrected chi connectivity index (χ1v) is 9.06. The number of ether oxygens (including phenoxy) is 1. The molecule has 6 rings (SSSR count). The number of benzene rings is 1. The van der Waals surface area contributed by atoms with Crippen LogP contribution in [0, 0.1) is 17.8 Å². The smallest absolute Gasteiger partial charge is 0.347 e. The number of carbonyl (C=O) groups is 2. The summed E-state index contributed by atoms with van der Waals surface area (Å²) in [4.78, 5) is 25.4. The van der Waals surface area contributed by atoms with Crippen LogP contribution in [0.25, 0.3) is 0 Å². The first kappa shape index (κ1) is 14.6. The van der Waals surface area contributed by atoms with Crippen LogP contribution >= 0.6 is 0 Å². The van der Waals surface area contributed by atoms with Gasteiger partial charge in [-0.15, -0.1) is 0 Å². The molecule has 4 bridgehead atoms. The minimum absolute atomic E-state index is 0.0349. The lowest BCUT2D eigenvalue weighted by Crippen LogP contribution is -2.56. The van der Waals surface area contributed by atoms with E-state index in [0.29, 0.717) is 23.3 Å². The van der Waals surface area contributed by atoms with Gasteiger partial charge in [0, 0.05) is 12.0 Å². The van der Waals surface area contributed by atoms with Crippen molar-refractivity contribution in [2.75, 3.05) is 0 Å². The van der Waals surface area contributed by atoms with Gasteiger partial charge in [0.25, 0.3) is 0 Å². The van der Waals surface area contributed by atoms with Crippen LogP contribution in [0.1, 0.15) is 54.4 Å². The first-order chi connectivity index (χ1) is 11.5. The van der Waals surface area contributed by atoms with Crippen LogP contribution in [0.15, 0.2) is 24.3 Å². The molecule has 4 fully saturated rings. The Hall–Kier alpha value is -1.68. The minimum atomic E-state index is -2.03. The maximum absolute atomic E-state index is 12.8. The predicted molar refractivity (Wildman–Crippen MR) is 86.4 cm³/mol. The number of Topliss-reactive ketones (excluding diaryl/α,β-unsaturated/α-hetero) is 1. The molecule has 0 spiro atoms. The molecule has 4 saturated carbocycles. The summed E-state index contributed by atoms with van der Waals surface area (Å²) < 4.78 is 5.93. The Bertz CT molecular complexity index is 702. The van der Waals surface area contributed by atoms with Crippen molar-refractivity contribution >= 4 is 11.8 Å². The molecule has 0 amide bonds. The van der Waals surface area contributed by atoms with Crippen molar-refractivity contribution in [1.82, 2.24) is 0 Å². The fourth-order valence-corrected chi connectivity index (χ4v) is 6.08. The lowest BCUT2D eigenvalue weighted by molar-refractivity contribution is -0.199. The highest BCUT2D eigenvalue weighted by molar-refractivity contribution is 6.18. The normalized spacial score (nSPS) is 42.2. The van der Waals surface area contributed by atoms with Crippen molar-refractivity contribution in [3.8, 4) is 0 Å². The second-order valence-corrected chi connectivity index (χ2v) is 8.51. The molecule has 1 aromatic rings. The summed E-state index contributed by atoms with van der Waals surface area (Å²) in [7, 11) is 0. The van der Waals surface area contributed by atoms with E-state index in [1.165, 1.54) is 19.3 Å².